The number of carbonyl (C=O) groups is 1. The van der Waals surface area contributed by atoms with Crippen LogP contribution in [0.4, 0.5) is 4.39 Å². The molecule has 4 nitrogen and oxygen atoms in total. The van der Waals surface area contributed by atoms with Gasteiger partial charge in [0.1, 0.15) is 11.6 Å². The van der Waals surface area contributed by atoms with Crippen molar-refractivity contribution in [3.05, 3.63) is 29.1 Å². The largest absolute Gasteiger partial charge is 0.493 e. The molecule has 0 amide bonds. The normalized spacial score (nSPS) is 17.6. The molecule has 0 atom stereocenters. The maximum Gasteiger partial charge on any atom is 0.340 e. The highest BCUT2D eigenvalue weighted by Gasteiger charge is 2.30. The van der Waals surface area contributed by atoms with Crippen LogP contribution in [0.2, 0.25) is 0 Å². The first-order valence-corrected chi connectivity index (χ1v) is 6.94. The van der Waals surface area contributed by atoms with Crippen LogP contribution in [0.1, 0.15) is 34.7 Å². The Hall–Kier alpha value is -1.33. The minimum Gasteiger partial charge on any atom is -0.493 e. The third kappa shape index (κ3) is 3.47. The molecule has 0 aromatic heterocycles. The average molecular weight is 316 g/mol. The molecular formula is C15H19ClFNO3. The molecule has 1 aromatic carbocycles. The Morgan fingerprint density at radius 1 is 1.38 bits per heavy atom. The van der Waals surface area contributed by atoms with E-state index in [1.165, 1.54) is 13.2 Å². The van der Waals surface area contributed by atoms with E-state index < -0.39 is 11.8 Å². The number of esters is 1. The minimum absolute atomic E-state index is 0. The van der Waals surface area contributed by atoms with Crippen LogP contribution in [0.5, 0.6) is 5.75 Å². The zero-order valence-corrected chi connectivity index (χ0v) is 12.7. The summed E-state index contributed by atoms with van der Waals surface area (Å²) in [5, 5.41) is 3.17. The van der Waals surface area contributed by atoms with Gasteiger partial charge in [-0.25, -0.2) is 9.18 Å². The Kier molecular flexibility index (Phi) is 5.06. The van der Waals surface area contributed by atoms with Gasteiger partial charge in [-0.3, -0.25) is 0 Å². The van der Waals surface area contributed by atoms with Crippen molar-refractivity contribution in [3.8, 4) is 5.75 Å². The van der Waals surface area contributed by atoms with Crippen molar-refractivity contribution in [2.75, 3.05) is 26.8 Å². The fraction of sp³-hybridized carbons (Fsp3) is 0.533. The van der Waals surface area contributed by atoms with Gasteiger partial charge >= 0.3 is 5.97 Å². The number of ether oxygens (including phenoxy) is 2. The summed E-state index contributed by atoms with van der Waals surface area (Å²) < 4.78 is 24.3. The Balaban J connectivity index is 0.00000161. The number of hydrogen-bond acceptors (Lipinski definition) is 4. The monoisotopic (exact) mass is 315 g/mol. The van der Waals surface area contributed by atoms with Gasteiger partial charge in [0.05, 0.1) is 19.3 Å². The van der Waals surface area contributed by atoms with E-state index in [0.717, 1.165) is 31.5 Å². The Labute approximate surface area is 129 Å². The van der Waals surface area contributed by atoms with Crippen LogP contribution in [0.15, 0.2) is 12.1 Å². The van der Waals surface area contributed by atoms with E-state index in [-0.39, 0.29) is 18.0 Å². The van der Waals surface area contributed by atoms with Crippen LogP contribution in [0.25, 0.3) is 0 Å². The molecule has 1 aliphatic carbocycles. The molecule has 3 rings (SSSR count). The molecule has 1 N–H and O–H groups in total. The average Bonchev–Trinajstić information content (AvgIpc) is 3.20. The van der Waals surface area contributed by atoms with Crippen LogP contribution in [-0.2, 0) is 4.74 Å². The minimum atomic E-state index is -0.640. The van der Waals surface area contributed by atoms with Gasteiger partial charge in [0.25, 0.3) is 0 Å². The maximum absolute atomic E-state index is 14.0. The maximum atomic E-state index is 14.0. The SMILES string of the molecule is COC(=O)c1cc(C2CC2)c(OCC2CNC2)cc1F.Cl. The van der Waals surface area contributed by atoms with E-state index in [1.54, 1.807) is 6.07 Å². The first-order chi connectivity index (χ1) is 9.69. The number of hydrogen-bond donors (Lipinski definition) is 1. The summed E-state index contributed by atoms with van der Waals surface area (Å²) in [6.07, 6.45) is 2.13. The van der Waals surface area contributed by atoms with E-state index in [9.17, 15) is 9.18 Å². The molecule has 2 fully saturated rings. The van der Waals surface area contributed by atoms with E-state index >= 15 is 0 Å². The van der Waals surface area contributed by atoms with Crippen molar-refractivity contribution in [2.24, 2.45) is 5.92 Å². The van der Waals surface area contributed by atoms with Gasteiger partial charge in [-0.2, -0.15) is 0 Å². The molecule has 116 valence electrons. The number of methoxy groups -OCH3 is 1. The first-order valence-electron chi connectivity index (χ1n) is 6.94. The second-order valence-electron chi connectivity index (χ2n) is 5.47. The van der Waals surface area contributed by atoms with Crippen molar-refractivity contribution in [3.63, 3.8) is 0 Å². The van der Waals surface area contributed by atoms with Gasteiger partial charge in [0, 0.05) is 25.1 Å². The molecule has 2 aliphatic rings. The molecule has 1 saturated carbocycles. The Morgan fingerprint density at radius 3 is 2.62 bits per heavy atom. The third-order valence-electron chi connectivity index (χ3n) is 3.86. The van der Waals surface area contributed by atoms with Crippen LogP contribution >= 0.6 is 12.4 Å². The lowest BCUT2D eigenvalue weighted by Crippen LogP contribution is -2.45. The van der Waals surface area contributed by atoms with Crippen molar-refractivity contribution in [2.45, 2.75) is 18.8 Å². The van der Waals surface area contributed by atoms with E-state index in [0.29, 0.717) is 24.2 Å². The molecular weight excluding hydrogens is 297 g/mol. The molecule has 21 heavy (non-hydrogen) atoms. The Bertz CT molecular complexity index is 530. The number of nitrogens with one attached hydrogen (secondary N) is 1. The third-order valence-corrected chi connectivity index (χ3v) is 3.86. The van der Waals surface area contributed by atoms with Crippen LogP contribution in [-0.4, -0.2) is 32.8 Å². The Morgan fingerprint density at radius 2 is 2.10 bits per heavy atom. The summed E-state index contributed by atoms with van der Waals surface area (Å²) in [6, 6.07) is 2.92. The van der Waals surface area contributed by atoms with Gasteiger partial charge in [0.15, 0.2) is 0 Å². The van der Waals surface area contributed by atoms with Crippen LogP contribution in [0, 0.1) is 11.7 Å². The molecule has 0 unspecified atom stereocenters. The number of halogens is 2. The van der Waals surface area contributed by atoms with Crippen LogP contribution in [0.3, 0.4) is 0 Å². The lowest BCUT2D eigenvalue weighted by molar-refractivity contribution is 0.0595. The molecule has 0 radical (unpaired) electrons. The highest BCUT2D eigenvalue weighted by atomic mass is 35.5. The molecule has 1 aliphatic heterocycles. The quantitative estimate of drug-likeness (QED) is 0.848. The zero-order chi connectivity index (χ0) is 14.1. The molecule has 1 heterocycles. The highest BCUT2D eigenvalue weighted by molar-refractivity contribution is 5.90. The summed E-state index contributed by atoms with van der Waals surface area (Å²) >= 11 is 0. The van der Waals surface area contributed by atoms with E-state index in [2.05, 4.69) is 10.1 Å². The van der Waals surface area contributed by atoms with Gasteiger partial charge in [-0.1, -0.05) is 0 Å². The van der Waals surface area contributed by atoms with E-state index in [4.69, 9.17) is 4.74 Å². The molecule has 0 bridgehead atoms. The number of rotatable bonds is 5. The van der Waals surface area contributed by atoms with E-state index in [1.807, 2.05) is 0 Å². The highest BCUT2D eigenvalue weighted by Crippen LogP contribution is 2.45. The fourth-order valence-corrected chi connectivity index (χ4v) is 2.35. The second kappa shape index (κ2) is 6.62. The van der Waals surface area contributed by atoms with Gasteiger partial charge in [-0.15, -0.1) is 12.4 Å². The van der Waals surface area contributed by atoms with Crippen LogP contribution < -0.4 is 10.1 Å². The number of carbonyl (C=O) groups excluding carboxylic acids is 1. The second-order valence-corrected chi connectivity index (χ2v) is 5.47. The molecule has 1 aromatic rings. The van der Waals surface area contributed by atoms with Crippen molar-refractivity contribution in [1.82, 2.24) is 5.32 Å². The summed E-state index contributed by atoms with van der Waals surface area (Å²) in [4.78, 5) is 11.6. The fourth-order valence-electron chi connectivity index (χ4n) is 2.35. The first kappa shape index (κ1) is 16.0. The number of benzene rings is 1. The molecule has 0 spiro atoms. The topological polar surface area (TPSA) is 47.6 Å². The van der Waals surface area contributed by atoms with Gasteiger partial charge in [-0.05, 0) is 30.4 Å². The predicted molar refractivity (Wildman–Crippen MR) is 78.8 cm³/mol. The summed E-state index contributed by atoms with van der Waals surface area (Å²) in [5.41, 5.74) is 0.922. The molecule has 1 saturated heterocycles. The summed E-state index contributed by atoms with van der Waals surface area (Å²) in [6.45, 7) is 2.48. The van der Waals surface area contributed by atoms with Gasteiger partial charge < -0.3 is 14.8 Å². The lowest BCUT2D eigenvalue weighted by Gasteiger charge is -2.27. The molecule has 6 heteroatoms. The smallest absolute Gasteiger partial charge is 0.340 e. The summed E-state index contributed by atoms with van der Waals surface area (Å²) in [5.74, 6) is 0.227. The van der Waals surface area contributed by atoms with Crippen molar-refractivity contribution < 1.29 is 18.7 Å². The van der Waals surface area contributed by atoms with Gasteiger partial charge in [0.2, 0.25) is 0 Å². The lowest BCUT2D eigenvalue weighted by atomic mass is 10.0. The zero-order valence-electron chi connectivity index (χ0n) is 11.9. The standard InChI is InChI=1S/C15H18FNO3.ClH/c1-19-15(18)12-4-11(10-2-3-10)14(5-13(12)16)20-8-9-6-17-7-9;/h4-5,9-10,17H,2-3,6-8H2,1H3;1H. The van der Waals surface area contributed by atoms with Crippen molar-refractivity contribution >= 4 is 18.4 Å². The predicted octanol–water partition coefficient (Wildman–Crippen LogP) is 2.51. The summed E-state index contributed by atoms with van der Waals surface area (Å²) in [7, 11) is 1.26. The van der Waals surface area contributed by atoms with Crippen molar-refractivity contribution in [1.29, 1.82) is 0 Å².